The van der Waals surface area contributed by atoms with Crippen molar-refractivity contribution >= 4 is 11.6 Å². The van der Waals surface area contributed by atoms with Gasteiger partial charge in [-0.15, -0.1) is 0 Å². The van der Waals surface area contributed by atoms with E-state index >= 15 is 0 Å². The summed E-state index contributed by atoms with van der Waals surface area (Å²) in [4.78, 5) is 0. The second kappa shape index (κ2) is 5.62. The number of nitrogens with two attached hydrogens (primary N) is 1. The van der Waals surface area contributed by atoms with Crippen LogP contribution in [-0.2, 0) is 6.42 Å². The Labute approximate surface area is 101 Å². The normalized spacial score (nSPS) is 11.8. The number of hydrogen-bond acceptors (Lipinski definition) is 2. The lowest BCUT2D eigenvalue weighted by Crippen LogP contribution is -2.43. The zero-order valence-electron chi connectivity index (χ0n) is 9.69. The second-order valence-corrected chi connectivity index (χ2v) is 5.07. The van der Waals surface area contributed by atoms with Gasteiger partial charge in [-0.25, -0.2) is 4.39 Å². The van der Waals surface area contributed by atoms with Gasteiger partial charge in [0, 0.05) is 12.1 Å². The molecule has 0 aliphatic rings. The molecule has 0 saturated carbocycles. The van der Waals surface area contributed by atoms with Crippen LogP contribution < -0.4 is 11.1 Å². The van der Waals surface area contributed by atoms with Crippen molar-refractivity contribution in [3.8, 4) is 0 Å². The van der Waals surface area contributed by atoms with Gasteiger partial charge in [-0.3, -0.25) is 0 Å². The van der Waals surface area contributed by atoms with E-state index in [9.17, 15) is 4.39 Å². The molecular weight excluding hydrogens is 227 g/mol. The Morgan fingerprint density at radius 2 is 2.12 bits per heavy atom. The molecule has 1 rings (SSSR count). The topological polar surface area (TPSA) is 38.0 Å². The van der Waals surface area contributed by atoms with Crippen LogP contribution in [0.3, 0.4) is 0 Å². The highest BCUT2D eigenvalue weighted by Crippen LogP contribution is 2.16. The zero-order chi connectivity index (χ0) is 12.2. The van der Waals surface area contributed by atoms with E-state index in [0.29, 0.717) is 0 Å². The number of nitrogens with one attached hydrogen (secondary N) is 1. The summed E-state index contributed by atoms with van der Waals surface area (Å²) in [7, 11) is 0. The van der Waals surface area contributed by atoms with Crippen molar-refractivity contribution in [2.45, 2.75) is 25.8 Å². The average molecular weight is 245 g/mol. The van der Waals surface area contributed by atoms with Gasteiger partial charge in [0.2, 0.25) is 0 Å². The molecule has 1 aromatic carbocycles. The molecule has 0 saturated heterocycles. The fourth-order valence-electron chi connectivity index (χ4n) is 1.34. The van der Waals surface area contributed by atoms with Gasteiger partial charge < -0.3 is 11.1 Å². The Hall–Kier alpha value is -0.640. The molecule has 0 radical (unpaired) electrons. The molecule has 0 spiro atoms. The first-order chi connectivity index (χ1) is 7.38. The third-order valence-electron chi connectivity index (χ3n) is 2.16. The van der Waals surface area contributed by atoms with E-state index in [1.165, 1.54) is 6.07 Å². The van der Waals surface area contributed by atoms with Crippen molar-refractivity contribution in [2.24, 2.45) is 5.73 Å². The average Bonchev–Trinajstić information content (AvgIpc) is 2.17. The minimum absolute atomic E-state index is 0.177. The minimum atomic E-state index is -0.374. The number of rotatable bonds is 5. The lowest BCUT2D eigenvalue weighted by atomic mass is 10.1. The van der Waals surface area contributed by atoms with Crippen LogP contribution in [0.5, 0.6) is 0 Å². The molecule has 0 atom stereocenters. The molecule has 0 aliphatic carbocycles. The third-order valence-corrected chi connectivity index (χ3v) is 2.44. The molecule has 0 amide bonds. The Bertz CT molecular complexity index is 347. The Morgan fingerprint density at radius 3 is 2.69 bits per heavy atom. The smallest absolute Gasteiger partial charge is 0.141 e. The first-order valence-corrected chi connectivity index (χ1v) is 5.70. The third kappa shape index (κ3) is 4.92. The van der Waals surface area contributed by atoms with Crippen LogP contribution in [0.2, 0.25) is 5.02 Å². The first-order valence-electron chi connectivity index (χ1n) is 5.32. The molecule has 3 N–H and O–H groups in total. The fraction of sp³-hybridized carbons (Fsp3) is 0.500. The maximum atomic E-state index is 12.9. The summed E-state index contributed by atoms with van der Waals surface area (Å²) < 4.78 is 12.9. The van der Waals surface area contributed by atoms with Crippen LogP contribution in [0, 0.1) is 5.82 Å². The quantitative estimate of drug-likeness (QED) is 0.781. The maximum absolute atomic E-state index is 12.9. The molecule has 2 nitrogen and oxygen atoms in total. The Morgan fingerprint density at radius 1 is 1.44 bits per heavy atom. The standard InChI is InChI=1S/C12H18ClFN2/c1-12(2,15)8-16-6-5-9-3-4-11(14)10(13)7-9/h3-4,7,16H,5-6,8,15H2,1-2H3. The molecule has 0 aromatic heterocycles. The molecule has 0 aliphatic heterocycles. The molecular formula is C12H18ClFN2. The molecule has 0 unspecified atom stereocenters. The van der Waals surface area contributed by atoms with E-state index in [4.69, 9.17) is 17.3 Å². The number of benzene rings is 1. The summed E-state index contributed by atoms with van der Waals surface area (Å²) in [6.07, 6.45) is 0.816. The largest absolute Gasteiger partial charge is 0.324 e. The van der Waals surface area contributed by atoms with Gasteiger partial charge >= 0.3 is 0 Å². The van der Waals surface area contributed by atoms with Crippen LogP contribution in [0.1, 0.15) is 19.4 Å². The predicted molar refractivity (Wildman–Crippen MR) is 66.3 cm³/mol. The van der Waals surface area contributed by atoms with E-state index in [-0.39, 0.29) is 16.4 Å². The van der Waals surface area contributed by atoms with Gasteiger partial charge in [0.25, 0.3) is 0 Å². The van der Waals surface area contributed by atoms with Crippen molar-refractivity contribution in [3.05, 3.63) is 34.6 Å². The summed E-state index contributed by atoms with van der Waals surface area (Å²) in [6.45, 7) is 5.49. The summed E-state index contributed by atoms with van der Waals surface area (Å²) >= 11 is 5.68. The van der Waals surface area contributed by atoms with Gasteiger partial charge in [-0.1, -0.05) is 17.7 Å². The van der Waals surface area contributed by atoms with Crippen LogP contribution in [-0.4, -0.2) is 18.6 Å². The van der Waals surface area contributed by atoms with Crippen LogP contribution in [0.4, 0.5) is 4.39 Å². The molecule has 1 aromatic rings. The highest BCUT2D eigenvalue weighted by molar-refractivity contribution is 6.30. The molecule has 0 bridgehead atoms. The van der Waals surface area contributed by atoms with Crippen molar-refractivity contribution in [1.82, 2.24) is 5.32 Å². The molecule has 90 valence electrons. The zero-order valence-corrected chi connectivity index (χ0v) is 10.4. The van der Waals surface area contributed by atoms with E-state index in [1.54, 1.807) is 12.1 Å². The summed E-state index contributed by atoms with van der Waals surface area (Å²) in [6, 6.07) is 4.80. The van der Waals surface area contributed by atoms with Crippen molar-refractivity contribution in [3.63, 3.8) is 0 Å². The van der Waals surface area contributed by atoms with Gasteiger partial charge in [0.05, 0.1) is 5.02 Å². The lowest BCUT2D eigenvalue weighted by molar-refractivity contribution is 0.469. The second-order valence-electron chi connectivity index (χ2n) is 4.66. The first kappa shape index (κ1) is 13.4. The molecule has 4 heteroatoms. The van der Waals surface area contributed by atoms with Crippen molar-refractivity contribution in [2.75, 3.05) is 13.1 Å². The van der Waals surface area contributed by atoms with E-state index in [1.807, 2.05) is 13.8 Å². The van der Waals surface area contributed by atoms with E-state index in [2.05, 4.69) is 5.32 Å². The van der Waals surface area contributed by atoms with Crippen LogP contribution in [0.25, 0.3) is 0 Å². The SMILES string of the molecule is CC(C)(N)CNCCc1ccc(F)c(Cl)c1. The fourth-order valence-corrected chi connectivity index (χ4v) is 1.54. The van der Waals surface area contributed by atoms with Gasteiger partial charge in [-0.2, -0.15) is 0 Å². The summed E-state index contributed by atoms with van der Waals surface area (Å²) in [5, 5.41) is 3.42. The monoisotopic (exact) mass is 244 g/mol. The number of hydrogen-bond donors (Lipinski definition) is 2. The number of halogens is 2. The van der Waals surface area contributed by atoms with Crippen molar-refractivity contribution < 1.29 is 4.39 Å². The van der Waals surface area contributed by atoms with Crippen LogP contribution in [0.15, 0.2) is 18.2 Å². The molecule has 0 heterocycles. The molecule has 16 heavy (non-hydrogen) atoms. The van der Waals surface area contributed by atoms with E-state index in [0.717, 1.165) is 25.1 Å². The predicted octanol–water partition coefficient (Wildman–Crippen LogP) is 2.35. The van der Waals surface area contributed by atoms with Gasteiger partial charge in [0.1, 0.15) is 5.82 Å². The Balaban J connectivity index is 2.35. The minimum Gasteiger partial charge on any atom is -0.324 e. The Kier molecular flexibility index (Phi) is 4.71. The van der Waals surface area contributed by atoms with Gasteiger partial charge in [0.15, 0.2) is 0 Å². The highest BCUT2D eigenvalue weighted by atomic mass is 35.5. The lowest BCUT2D eigenvalue weighted by Gasteiger charge is -2.18. The molecule has 0 fully saturated rings. The summed E-state index contributed by atoms with van der Waals surface area (Å²) in [5.41, 5.74) is 6.64. The maximum Gasteiger partial charge on any atom is 0.141 e. The van der Waals surface area contributed by atoms with Gasteiger partial charge in [-0.05, 0) is 44.5 Å². The van der Waals surface area contributed by atoms with E-state index < -0.39 is 0 Å². The van der Waals surface area contributed by atoms with Crippen LogP contribution >= 0.6 is 11.6 Å². The van der Waals surface area contributed by atoms with Crippen molar-refractivity contribution in [1.29, 1.82) is 0 Å². The highest BCUT2D eigenvalue weighted by Gasteiger charge is 2.08. The summed E-state index contributed by atoms with van der Waals surface area (Å²) in [5.74, 6) is -0.374.